The van der Waals surface area contributed by atoms with E-state index in [9.17, 15) is 0 Å². The van der Waals surface area contributed by atoms with Crippen molar-refractivity contribution in [2.45, 2.75) is 0 Å². The van der Waals surface area contributed by atoms with Gasteiger partial charge in [0.2, 0.25) is 0 Å². The maximum Gasteiger partial charge on any atom is 0.140 e. The van der Waals surface area contributed by atoms with Crippen LogP contribution in [0, 0.1) is 11.3 Å². The average molecular weight is 169 g/mol. The summed E-state index contributed by atoms with van der Waals surface area (Å²) in [6.07, 6.45) is 5.55. The van der Waals surface area contributed by atoms with E-state index < -0.39 is 0 Å². The van der Waals surface area contributed by atoms with Gasteiger partial charge >= 0.3 is 0 Å². The number of pyridine rings is 1. The van der Waals surface area contributed by atoms with Gasteiger partial charge in [-0.1, -0.05) is 0 Å². The van der Waals surface area contributed by atoms with Crippen LogP contribution >= 0.6 is 0 Å². The van der Waals surface area contributed by atoms with E-state index in [0.717, 1.165) is 5.69 Å². The van der Waals surface area contributed by atoms with E-state index in [2.05, 4.69) is 4.98 Å². The fourth-order valence-electron chi connectivity index (χ4n) is 1.11. The van der Waals surface area contributed by atoms with E-state index in [1.54, 1.807) is 12.3 Å². The fourth-order valence-corrected chi connectivity index (χ4v) is 1.11. The number of rotatable bonds is 1. The second kappa shape index (κ2) is 3.11. The molecule has 2 heterocycles. The van der Waals surface area contributed by atoms with Crippen molar-refractivity contribution in [2.24, 2.45) is 0 Å². The zero-order chi connectivity index (χ0) is 9.10. The summed E-state index contributed by atoms with van der Waals surface area (Å²) in [5.74, 6) is 0. The van der Waals surface area contributed by atoms with Gasteiger partial charge in [0.05, 0.1) is 11.9 Å². The molecule has 0 spiro atoms. The van der Waals surface area contributed by atoms with Crippen molar-refractivity contribution < 1.29 is 0 Å². The number of nitriles is 1. The molecule has 2 aromatic rings. The molecule has 0 aliphatic heterocycles. The van der Waals surface area contributed by atoms with E-state index in [0.29, 0.717) is 5.69 Å². The number of hydrogen-bond donors (Lipinski definition) is 0. The van der Waals surface area contributed by atoms with Gasteiger partial charge in [0.15, 0.2) is 0 Å². The smallest absolute Gasteiger partial charge is 0.140 e. The van der Waals surface area contributed by atoms with Crippen LogP contribution in [-0.4, -0.2) is 9.55 Å². The second-order valence-electron chi connectivity index (χ2n) is 2.60. The quantitative estimate of drug-likeness (QED) is 0.652. The Hall–Kier alpha value is -2.08. The normalized spacial score (nSPS) is 9.46. The molecule has 3 heteroatoms. The van der Waals surface area contributed by atoms with Crippen LogP contribution in [0.15, 0.2) is 42.9 Å². The highest BCUT2D eigenvalue weighted by Crippen LogP contribution is 2.06. The highest BCUT2D eigenvalue weighted by Gasteiger charge is 1.94. The van der Waals surface area contributed by atoms with Gasteiger partial charge in [-0.2, -0.15) is 5.26 Å². The molecule has 0 saturated heterocycles. The summed E-state index contributed by atoms with van der Waals surface area (Å²) in [7, 11) is 0. The summed E-state index contributed by atoms with van der Waals surface area (Å²) < 4.78 is 1.94. The van der Waals surface area contributed by atoms with Gasteiger partial charge in [0.25, 0.3) is 0 Å². The monoisotopic (exact) mass is 169 g/mol. The Kier molecular flexibility index (Phi) is 1.81. The van der Waals surface area contributed by atoms with E-state index in [1.807, 2.05) is 41.2 Å². The van der Waals surface area contributed by atoms with E-state index in [1.165, 1.54) is 0 Å². The first-order chi connectivity index (χ1) is 6.40. The summed E-state index contributed by atoms with van der Waals surface area (Å²) in [5.41, 5.74) is 1.40. The minimum absolute atomic E-state index is 0.441. The van der Waals surface area contributed by atoms with Crippen molar-refractivity contribution in [3.8, 4) is 11.8 Å². The summed E-state index contributed by atoms with van der Waals surface area (Å²) in [6, 6.07) is 9.43. The lowest BCUT2D eigenvalue weighted by atomic mass is 10.3. The highest BCUT2D eigenvalue weighted by atomic mass is 15.0. The summed E-state index contributed by atoms with van der Waals surface area (Å²) in [4.78, 5) is 3.97. The predicted molar refractivity (Wildman–Crippen MR) is 48.3 cm³/mol. The Balaban J connectivity index is 2.40. The van der Waals surface area contributed by atoms with Gasteiger partial charge in [-0.15, -0.1) is 0 Å². The van der Waals surface area contributed by atoms with Crippen LogP contribution in [0.4, 0.5) is 0 Å². The van der Waals surface area contributed by atoms with Crippen LogP contribution in [0.5, 0.6) is 0 Å². The average Bonchev–Trinajstić information content (AvgIpc) is 2.71. The van der Waals surface area contributed by atoms with Crippen LogP contribution in [0.1, 0.15) is 5.69 Å². The molecule has 0 N–H and O–H groups in total. The molecule has 0 aliphatic rings. The second-order valence-corrected chi connectivity index (χ2v) is 2.60. The summed E-state index contributed by atoms with van der Waals surface area (Å²) in [5, 5.41) is 8.54. The minimum atomic E-state index is 0.441. The maximum absolute atomic E-state index is 8.54. The predicted octanol–water partition coefficient (Wildman–Crippen LogP) is 1.74. The molecule has 0 radical (unpaired) electrons. The molecule has 0 aromatic carbocycles. The van der Waals surface area contributed by atoms with Crippen molar-refractivity contribution in [1.29, 1.82) is 5.26 Å². The third-order valence-electron chi connectivity index (χ3n) is 1.77. The lowest BCUT2D eigenvalue weighted by Gasteiger charge is -2.00. The topological polar surface area (TPSA) is 41.6 Å². The molecule has 0 atom stereocenters. The molecular weight excluding hydrogens is 162 g/mol. The van der Waals surface area contributed by atoms with Crippen molar-refractivity contribution >= 4 is 0 Å². The van der Waals surface area contributed by atoms with Crippen molar-refractivity contribution in [3.05, 3.63) is 48.5 Å². The number of aromatic nitrogens is 2. The molecule has 3 nitrogen and oxygen atoms in total. The lowest BCUT2D eigenvalue weighted by Crippen LogP contribution is -1.91. The van der Waals surface area contributed by atoms with Gasteiger partial charge in [-0.3, -0.25) is 0 Å². The SMILES string of the molecule is N#Cc1ccc(-n2cccc2)cn1. The van der Waals surface area contributed by atoms with Crippen molar-refractivity contribution in [1.82, 2.24) is 9.55 Å². The Morgan fingerprint density at radius 3 is 2.54 bits per heavy atom. The Morgan fingerprint density at radius 2 is 2.00 bits per heavy atom. The molecule has 2 rings (SSSR count). The molecule has 0 amide bonds. The molecular formula is C10H7N3. The maximum atomic E-state index is 8.54. The first-order valence-corrected chi connectivity index (χ1v) is 3.89. The van der Waals surface area contributed by atoms with E-state index in [4.69, 9.17) is 5.26 Å². The minimum Gasteiger partial charge on any atom is -0.322 e. The van der Waals surface area contributed by atoms with Crippen LogP contribution in [0.2, 0.25) is 0 Å². The van der Waals surface area contributed by atoms with Crippen LogP contribution in [0.3, 0.4) is 0 Å². The first-order valence-electron chi connectivity index (χ1n) is 3.89. The van der Waals surface area contributed by atoms with E-state index in [-0.39, 0.29) is 0 Å². The lowest BCUT2D eigenvalue weighted by molar-refractivity contribution is 1.05. The molecule has 0 unspecified atom stereocenters. The third kappa shape index (κ3) is 1.42. The molecule has 2 aromatic heterocycles. The van der Waals surface area contributed by atoms with Crippen LogP contribution in [-0.2, 0) is 0 Å². The van der Waals surface area contributed by atoms with E-state index >= 15 is 0 Å². The van der Waals surface area contributed by atoms with Crippen molar-refractivity contribution in [2.75, 3.05) is 0 Å². The molecule has 0 aliphatic carbocycles. The zero-order valence-corrected chi connectivity index (χ0v) is 6.88. The Bertz CT molecular complexity index is 420. The summed E-state index contributed by atoms with van der Waals surface area (Å²) >= 11 is 0. The number of hydrogen-bond acceptors (Lipinski definition) is 2. The first kappa shape index (κ1) is 7.56. The zero-order valence-electron chi connectivity index (χ0n) is 6.88. The van der Waals surface area contributed by atoms with Crippen LogP contribution < -0.4 is 0 Å². The largest absolute Gasteiger partial charge is 0.322 e. The molecule has 0 fully saturated rings. The standard InChI is InChI=1S/C10H7N3/c11-7-9-3-4-10(8-12-9)13-5-1-2-6-13/h1-6,8H. The molecule has 0 bridgehead atoms. The van der Waals surface area contributed by atoms with Gasteiger partial charge in [0, 0.05) is 12.4 Å². The van der Waals surface area contributed by atoms with Gasteiger partial charge < -0.3 is 4.57 Å². The third-order valence-corrected chi connectivity index (χ3v) is 1.77. The van der Waals surface area contributed by atoms with Gasteiger partial charge in [-0.25, -0.2) is 4.98 Å². The van der Waals surface area contributed by atoms with Gasteiger partial charge in [0.1, 0.15) is 11.8 Å². The fraction of sp³-hybridized carbons (Fsp3) is 0. The number of nitrogens with zero attached hydrogens (tertiary/aromatic N) is 3. The highest BCUT2D eigenvalue weighted by molar-refractivity contribution is 5.33. The van der Waals surface area contributed by atoms with Gasteiger partial charge in [-0.05, 0) is 24.3 Å². The molecule has 13 heavy (non-hydrogen) atoms. The Labute approximate surface area is 75.9 Å². The summed E-state index contributed by atoms with van der Waals surface area (Å²) in [6.45, 7) is 0. The Morgan fingerprint density at radius 1 is 1.23 bits per heavy atom. The molecule has 62 valence electrons. The van der Waals surface area contributed by atoms with Crippen molar-refractivity contribution in [3.63, 3.8) is 0 Å². The molecule has 0 saturated carbocycles. The van der Waals surface area contributed by atoms with Crippen LogP contribution in [0.25, 0.3) is 5.69 Å².